The number of para-hydroxylation sites is 1. The molecule has 2 unspecified atom stereocenters. The standard InChI is InChI=1S/C14H16O4/c1-4-17-14(16)11-9(3)18-13-8(2)6-5-7-10(13)12(11)15/h5-7,9,11H,4H2,1-3H3. The summed E-state index contributed by atoms with van der Waals surface area (Å²) in [6.07, 6.45) is -0.495. The molecule has 2 rings (SSSR count). The summed E-state index contributed by atoms with van der Waals surface area (Å²) < 4.78 is 10.6. The van der Waals surface area contributed by atoms with E-state index in [1.54, 1.807) is 26.0 Å². The van der Waals surface area contributed by atoms with Crippen LogP contribution >= 0.6 is 0 Å². The average molecular weight is 248 g/mol. The van der Waals surface area contributed by atoms with Gasteiger partial charge < -0.3 is 9.47 Å². The van der Waals surface area contributed by atoms with Crippen LogP contribution in [0.4, 0.5) is 0 Å². The molecular formula is C14H16O4. The van der Waals surface area contributed by atoms with Crippen molar-refractivity contribution in [2.75, 3.05) is 6.61 Å². The number of ether oxygens (including phenoxy) is 2. The summed E-state index contributed by atoms with van der Waals surface area (Å²) in [4.78, 5) is 24.1. The van der Waals surface area contributed by atoms with Gasteiger partial charge in [-0.05, 0) is 32.4 Å². The van der Waals surface area contributed by atoms with Gasteiger partial charge in [0.1, 0.15) is 11.9 Å². The first-order valence-corrected chi connectivity index (χ1v) is 6.03. The highest BCUT2D eigenvalue weighted by molar-refractivity contribution is 6.11. The van der Waals surface area contributed by atoms with Gasteiger partial charge in [0.2, 0.25) is 0 Å². The van der Waals surface area contributed by atoms with Crippen LogP contribution in [0.1, 0.15) is 29.8 Å². The molecule has 18 heavy (non-hydrogen) atoms. The maximum Gasteiger partial charge on any atom is 0.320 e. The van der Waals surface area contributed by atoms with Gasteiger partial charge in [0, 0.05) is 0 Å². The molecule has 4 nitrogen and oxygen atoms in total. The molecule has 1 aliphatic heterocycles. The Morgan fingerprint density at radius 2 is 2.17 bits per heavy atom. The summed E-state index contributed by atoms with van der Waals surface area (Å²) in [6, 6.07) is 5.35. The summed E-state index contributed by atoms with van der Waals surface area (Å²) >= 11 is 0. The number of benzene rings is 1. The molecule has 0 aromatic heterocycles. The Morgan fingerprint density at radius 1 is 1.44 bits per heavy atom. The maximum atomic E-state index is 12.3. The van der Waals surface area contributed by atoms with Crippen LogP contribution in [0.3, 0.4) is 0 Å². The Bertz CT molecular complexity index is 493. The molecule has 96 valence electrons. The van der Waals surface area contributed by atoms with Crippen LogP contribution in [0, 0.1) is 12.8 Å². The second-order valence-electron chi connectivity index (χ2n) is 4.37. The number of aryl methyl sites for hydroxylation is 1. The van der Waals surface area contributed by atoms with Crippen LogP contribution in [-0.4, -0.2) is 24.5 Å². The highest BCUT2D eigenvalue weighted by atomic mass is 16.5. The third-order valence-electron chi connectivity index (χ3n) is 3.07. The molecule has 1 aromatic rings. The molecule has 1 aliphatic rings. The molecule has 0 saturated heterocycles. The lowest BCUT2D eigenvalue weighted by molar-refractivity contribution is -0.149. The Hall–Kier alpha value is -1.84. The fourth-order valence-corrected chi connectivity index (χ4v) is 2.17. The van der Waals surface area contributed by atoms with Crippen LogP contribution in [0.5, 0.6) is 5.75 Å². The topological polar surface area (TPSA) is 52.6 Å². The molecule has 1 heterocycles. The van der Waals surface area contributed by atoms with Crippen LogP contribution in [0.25, 0.3) is 0 Å². The summed E-state index contributed by atoms with van der Waals surface area (Å²) in [6.45, 7) is 5.57. The Labute approximate surface area is 106 Å². The monoisotopic (exact) mass is 248 g/mol. The van der Waals surface area contributed by atoms with Gasteiger partial charge in [0.05, 0.1) is 12.2 Å². The smallest absolute Gasteiger partial charge is 0.320 e. The quantitative estimate of drug-likeness (QED) is 0.594. The van der Waals surface area contributed by atoms with Gasteiger partial charge in [0.25, 0.3) is 0 Å². The van der Waals surface area contributed by atoms with E-state index in [9.17, 15) is 9.59 Å². The lowest BCUT2D eigenvalue weighted by Gasteiger charge is -2.29. The number of rotatable bonds is 2. The van der Waals surface area contributed by atoms with Crippen molar-refractivity contribution in [3.63, 3.8) is 0 Å². The fourth-order valence-electron chi connectivity index (χ4n) is 2.17. The van der Waals surface area contributed by atoms with E-state index < -0.39 is 18.0 Å². The molecule has 2 atom stereocenters. The van der Waals surface area contributed by atoms with E-state index >= 15 is 0 Å². The molecule has 0 radical (unpaired) electrons. The molecule has 0 aliphatic carbocycles. The van der Waals surface area contributed by atoms with Gasteiger partial charge >= 0.3 is 5.97 Å². The molecule has 0 bridgehead atoms. The van der Waals surface area contributed by atoms with Crippen LogP contribution < -0.4 is 4.74 Å². The molecule has 0 spiro atoms. The summed E-state index contributed by atoms with van der Waals surface area (Å²) in [7, 11) is 0. The van der Waals surface area contributed by atoms with Crippen molar-refractivity contribution in [3.05, 3.63) is 29.3 Å². The largest absolute Gasteiger partial charge is 0.488 e. The molecule has 0 fully saturated rings. The van der Waals surface area contributed by atoms with E-state index in [1.807, 2.05) is 13.0 Å². The SMILES string of the molecule is CCOC(=O)C1C(=O)c2cccc(C)c2OC1C. The molecular weight excluding hydrogens is 232 g/mol. The van der Waals surface area contributed by atoms with Gasteiger partial charge in [0.15, 0.2) is 11.7 Å². The minimum atomic E-state index is -0.862. The first kappa shape index (κ1) is 12.6. The van der Waals surface area contributed by atoms with Crippen molar-refractivity contribution in [2.24, 2.45) is 5.92 Å². The maximum absolute atomic E-state index is 12.3. The second kappa shape index (κ2) is 4.80. The third kappa shape index (κ3) is 1.98. The third-order valence-corrected chi connectivity index (χ3v) is 3.07. The van der Waals surface area contributed by atoms with Gasteiger partial charge in [-0.1, -0.05) is 12.1 Å². The van der Waals surface area contributed by atoms with Crippen molar-refractivity contribution >= 4 is 11.8 Å². The molecule has 0 N–H and O–H groups in total. The predicted octanol–water partition coefficient (Wildman–Crippen LogP) is 2.14. The van der Waals surface area contributed by atoms with Crippen molar-refractivity contribution in [1.82, 2.24) is 0 Å². The lowest BCUT2D eigenvalue weighted by atomic mass is 9.89. The zero-order valence-electron chi connectivity index (χ0n) is 10.7. The molecule has 0 saturated carbocycles. The van der Waals surface area contributed by atoms with Gasteiger partial charge in [-0.15, -0.1) is 0 Å². The predicted molar refractivity (Wildman–Crippen MR) is 65.7 cm³/mol. The van der Waals surface area contributed by atoms with E-state index in [4.69, 9.17) is 9.47 Å². The number of ketones is 1. The van der Waals surface area contributed by atoms with Gasteiger partial charge in [-0.2, -0.15) is 0 Å². The van der Waals surface area contributed by atoms with Crippen molar-refractivity contribution in [2.45, 2.75) is 26.9 Å². The normalized spacial score (nSPS) is 22.1. The first-order chi connectivity index (χ1) is 8.56. The zero-order chi connectivity index (χ0) is 13.3. The van der Waals surface area contributed by atoms with Gasteiger partial charge in [-0.25, -0.2) is 0 Å². The molecule has 0 amide bonds. The summed E-state index contributed by atoms with van der Waals surface area (Å²) in [5.74, 6) is -1.01. The van der Waals surface area contributed by atoms with E-state index in [2.05, 4.69) is 0 Å². The van der Waals surface area contributed by atoms with E-state index in [0.717, 1.165) is 5.56 Å². The van der Waals surface area contributed by atoms with Crippen molar-refractivity contribution in [3.8, 4) is 5.75 Å². The summed E-state index contributed by atoms with van der Waals surface area (Å²) in [5.41, 5.74) is 1.36. The Morgan fingerprint density at radius 3 is 2.83 bits per heavy atom. The van der Waals surface area contributed by atoms with Crippen molar-refractivity contribution in [1.29, 1.82) is 0 Å². The highest BCUT2D eigenvalue weighted by Crippen LogP contribution is 2.34. The highest BCUT2D eigenvalue weighted by Gasteiger charge is 2.41. The summed E-state index contributed by atoms with van der Waals surface area (Å²) in [5, 5.41) is 0. The van der Waals surface area contributed by atoms with E-state index in [-0.39, 0.29) is 12.4 Å². The van der Waals surface area contributed by atoms with E-state index in [1.165, 1.54) is 0 Å². The minimum Gasteiger partial charge on any atom is -0.488 e. The van der Waals surface area contributed by atoms with Crippen LogP contribution in [0.15, 0.2) is 18.2 Å². The number of carbonyl (C=O) groups excluding carboxylic acids is 2. The second-order valence-corrected chi connectivity index (χ2v) is 4.37. The lowest BCUT2D eigenvalue weighted by Crippen LogP contribution is -2.42. The zero-order valence-corrected chi connectivity index (χ0v) is 10.7. The Balaban J connectivity index is 2.39. The number of hydrogen-bond acceptors (Lipinski definition) is 4. The number of carbonyl (C=O) groups is 2. The number of Topliss-reactive ketones (excluding diaryl/α,β-unsaturated/α-hetero) is 1. The van der Waals surface area contributed by atoms with E-state index in [0.29, 0.717) is 11.3 Å². The van der Waals surface area contributed by atoms with Crippen LogP contribution in [-0.2, 0) is 9.53 Å². The van der Waals surface area contributed by atoms with Crippen LogP contribution in [0.2, 0.25) is 0 Å². The van der Waals surface area contributed by atoms with Gasteiger partial charge in [-0.3, -0.25) is 9.59 Å². The Kier molecular flexibility index (Phi) is 3.36. The van der Waals surface area contributed by atoms with Crippen molar-refractivity contribution < 1.29 is 19.1 Å². The molecule has 4 heteroatoms. The average Bonchev–Trinajstić information content (AvgIpc) is 2.31. The minimum absolute atomic E-state index is 0.217. The number of hydrogen-bond donors (Lipinski definition) is 0. The molecule has 1 aromatic carbocycles. The number of esters is 1. The first-order valence-electron chi connectivity index (χ1n) is 6.03. The fraction of sp³-hybridized carbons (Fsp3) is 0.429. The number of fused-ring (bicyclic) bond motifs is 1.